The highest BCUT2D eigenvalue weighted by atomic mass is 79.9. The normalized spacial score (nSPS) is 18.6. The van der Waals surface area contributed by atoms with Crippen LogP contribution in [0.25, 0.3) is 0 Å². The van der Waals surface area contributed by atoms with Gasteiger partial charge in [-0.05, 0) is 47.3 Å². The quantitative estimate of drug-likeness (QED) is 0.384. The number of anilines is 1. The van der Waals surface area contributed by atoms with Gasteiger partial charge in [0.25, 0.3) is 5.69 Å². The second kappa shape index (κ2) is 8.70. The fraction of sp³-hybridized carbons (Fsp3) is 0.273. The summed E-state index contributed by atoms with van der Waals surface area (Å²) in [4.78, 5) is 27.6. The van der Waals surface area contributed by atoms with Crippen LogP contribution in [0.3, 0.4) is 0 Å². The maximum atomic E-state index is 13.2. The van der Waals surface area contributed by atoms with Crippen molar-refractivity contribution in [2.75, 3.05) is 4.90 Å². The molecule has 0 amide bonds. The second-order valence-corrected chi connectivity index (χ2v) is 9.91. The fourth-order valence-electron chi connectivity index (χ4n) is 4.24. The number of nitro groups is 1. The van der Waals surface area contributed by atoms with Gasteiger partial charge < -0.3 is 5.73 Å². The summed E-state index contributed by atoms with van der Waals surface area (Å²) in [6, 6.07) is 8.20. The minimum absolute atomic E-state index is 0.0503. The molecule has 2 aromatic rings. The van der Waals surface area contributed by atoms with Crippen molar-refractivity contribution in [2.45, 2.75) is 38.5 Å². The molecule has 1 aliphatic carbocycles. The molecule has 2 N–H and O–H groups in total. The zero-order valence-corrected chi connectivity index (χ0v) is 20.2. The number of allylic oxidation sites excluding steroid dienone is 3. The number of aryl methyl sites for hydroxylation is 1. The maximum Gasteiger partial charge on any atom is 0.271 e. The molecule has 1 unspecified atom stereocenters. The fourth-order valence-corrected chi connectivity index (χ4v) is 6.48. The van der Waals surface area contributed by atoms with E-state index >= 15 is 0 Å². The number of nitro benzene ring substituents is 1. The van der Waals surface area contributed by atoms with E-state index in [1.807, 2.05) is 13.0 Å². The molecule has 1 aliphatic heterocycles. The molecule has 0 saturated carbocycles. The molecule has 1 aromatic heterocycles. The summed E-state index contributed by atoms with van der Waals surface area (Å²) in [5.74, 6) is -0.486. The number of carbonyl (C=O) groups is 1. The number of rotatable bonds is 4. The Morgan fingerprint density at radius 3 is 2.78 bits per heavy atom. The molecule has 0 radical (unpaired) electrons. The third-order valence-corrected chi connectivity index (χ3v) is 8.31. The van der Waals surface area contributed by atoms with Gasteiger partial charge in [-0.3, -0.25) is 19.8 Å². The predicted molar refractivity (Wildman–Crippen MR) is 127 cm³/mol. The summed E-state index contributed by atoms with van der Waals surface area (Å²) in [7, 11) is 0. The smallest absolute Gasteiger partial charge is 0.271 e. The molecule has 4 rings (SSSR count). The van der Waals surface area contributed by atoms with E-state index in [2.05, 4.69) is 22.0 Å². The van der Waals surface area contributed by atoms with Crippen LogP contribution in [-0.2, 0) is 11.2 Å². The number of non-ortho nitro benzene ring substituents is 1. The molecule has 1 atom stereocenters. The molecular formula is C22H18BrClN4O3S. The van der Waals surface area contributed by atoms with Crippen LogP contribution in [0.15, 0.2) is 51.4 Å². The van der Waals surface area contributed by atoms with Crippen LogP contribution in [0.5, 0.6) is 0 Å². The Labute approximate surface area is 202 Å². The van der Waals surface area contributed by atoms with E-state index in [9.17, 15) is 20.2 Å². The molecule has 0 saturated heterocycles. The number of hydrogen-bond donors (Lipinski definition) is 1. The van der Waals surface area contributed by atoms with Crippen molar-refractivity contribution in [3.63, 3.8) is 0 Å². The van der Waals surface area contributed by atoms with Crippen molar-refractivity contribution in [3.8, 4) is 6.07 Å². The first-order valence-electron chi connectivity index (χ1n) is 9.96. The highest BCUT2D eigenvalue weighted by Crippen LogP contribution is 2.50. The number of thiophene rings is 1. The monoisotopic (exact) mass is 532 g/mol. The number of nitriles is 1. The third kappa shape index (κ3) is 3.62. The maximum absolute atomic E-state index is 13.2. The van der Waals surface area contributed by atoms with Gasteiger partial charge in [-0.15, -0.1) is 11.3 Å². The number of hydrogen-bond acceptors (Lipinski definition) is 7. The zero-order chi connectivity index (χ0) is 23.2. The Kier molecular flexibility index (Phi) is 6.12. The van der Waals surface area contributed by atoms with Crippen molar-refractivity contribution in [3.05, 3.63) is 76.3 Å². The topological polar surface area (TPSA) is 113 Å². The van der Waals surface area contributed by atoms with E-state index in [1.54, 1.807) is 16.2 Å². The minimum atomic E-state index is -0.571. The van der Waals surface area contributed by atoms with Gasteiger partial charge in [-0.1, -0.05) is 18.5 Å². The Bertz CT molecular complexity index is 1260. The van der Waals surface area contributed by atoms with Gasteiger partial charge >= 0.3 is 0 Å². The average molecular weight is 534 g/mol. The van der Waals surface area contributed by atoms with Gasteiger partial charge in [0.2, 0.25) is 0 Å². The van der Waals surface area contributed by atoms with Crippen LogP contribution >= 0.6 is 38.9 Å². The van der Waals surface area contributed by atoms with Crippen LogP contribution in [0, 0.1) is 21.4 Å². The number of Topliss-reactive ketones (excluding diaryl/α,β-unsaturated/α-hetero) is 1. The van der Waals surface area contributed by atoms with Gasteiger partial charge in [-0.25, -0.2) is 0 Å². The van der Waals surface area contributed by atoms with Gasteiger partial charge in [0, 0.05) is 44.1 Å². The van der Waals surface area contributed by atoms with Crippen LogP contribution in [-0.4, -0.2) is 10.7 Å². The minimum Gasteiger partial charge on any atom is -0.384 e. The molecular weight excluding hydrogens is 516 g/mol. The standard InChI is InChI=1S/C22H18BrClN4O3S/c1-2-18-13(23)9-19(32-18)20-12(10-25)22(26)27(15-4-3-5-17(29)21(15)20)16-8-11(28(30)31)6-7-14(16)24/h6-9,20H,2-5,26H2,1H3. The number of benzene rings is 1. The molecule has 7 nitrogen and oxygen atoms in total. The van der Waals surface area contributed by atoms with Gasteiger partial charge in [-0.2, -0.15) is 5.26 Å². The Morgan fingerprint density at radius 1 is 1.41 bits per heavy atom. The average Bonchev–Trinajstić information content (AvgIpc) is 3.14. The lowest BCUT2D eigenvalue weighted by Gasteiger charge is -2.39. The molecule has 1 aromatic carbocycles. The van der Waals surface area contributed by atoms with Gasteiger partial charge in [0.1, 0.15) is 5.82 Å². The molecule has 0 bridgehead atoms. The van der Waals surface area contributed by atoms with E-state index in [-0.39, 0.29) is 33.6 Å². The number of halogens is 2. The molecule has 164 valence electrons. The van der Waals surface area contributed by atoms with Crippen molar-refractivity contribution >= 4 is 56.0 Å². The van der Waals surface area contributed by atoms with Crippen molar-refractivity contribution in [2.24, 2.45) is 5.73 Å². The lowest BCUT2D eigenvalue weighted by Crippen LogP contribution is -2.38. The highest BCUT2D eigenvalue weighted by molar-refractivity contribution is 9.10. The number of nitrogens with zero attached hydrogens (tertiary/aromatic N) is 3. The summed E-state index contributed by atoms with van der Waals surface area (Å²) in [5.41, 5.74) is 8.05. The summed E-state index contributed by atoms with van der Waals surface area (Å²) in [5, 5.41) is 21.7. The van der Waals surface area contributed by atoms with Crippen LogP contribution in [0.2, 0.25) is 5.02 Å². The summed E-state index contributed by atoms with van der Waals surface area (Å²) in [6.07, 6.45) is 2.35. The molecule has 0 spiro atoms. The lowest BCUT2D eigenvalue weighted by atomic mass is 9.78. The van der Waals surface area contributed by atoms with E-state index in [1.165, 1.54) is 18.2 Å². The SMILES string of the molecule is CCc1sc(C2C(C#N)=C(N)N(c3cc([N+](=O)[O-])ccc3Cl)C3=C2C(=O)CCC3)cc1Br. The van der Waals surface area contributed by atoms with E-state index < -0.39 is 10.8 Å². The van der Waals surface area contributed by atoms with E-state index in [0.29, 0.717) is 30.5 Å². The predicted octanol–water partition coefficient (Wildman–Crippen LogP) is 5.94. The highest BCUT2D eigenvalue weighted by Gasteiger charge is 2.41. The number of ketones is 1. The van der Waals surface area contributed by atoms with Crippen LogP contribution in [0.1, 0.15) is 41.9 Å². The summed E-state index contributed by atoms with van der Waals surface area (Å²) in [6.45, 7) is 2.04. The third-order valence-electron chi connectivity index (χ3n) is 5.68. The molecule has 2 heterocycles. The van der Waals surface area contributed by atoms with Crippen molar-refractivity contribution in [1.29, 1.82) is 5.26 Å². The Morgan fingerprint density at radius 2 is 2.16 bits per heavy atom. The Hall–Kier alpha value is -2.67. The van der Waals surface area contributed by atoms with E-state index in [0.717, 1.165) is 20.6 Å². The molecule has 0 fully saturated rings. The van der Waals surface area contributed by atoms with Crippen molar-refractivity contribution < 1.29 is 9.72 Å². The van der Waals surface area contributed by atoms with E-state index in [4.69, 9.17) is 17.3 Å². The largest absolute Gasteiger partial charge is 0.384 e. The summed E-state index contributed by atoms with van der Waals surface area (Å²) < 4.78 is 0.936. The molecule has 32 heavy (non-hydrogen) atoms. The van der Waals surface area contributed by atoms with Crippen molar-refractivity contribution in [1.82, 2.24) is 0 Å². The molecule has 2 aliphatic rings. The number of nitrogens with two attached hydrogens (primary N) is 1. The second-order valence-electron chi connectivity index (χ2n) is 7.48. The zero-order valence-electron chi connectivity index (χ0n) is 17.0. The summed E-state index contributed by atoms with van der Waals surface area (Å²) >= 11 is 11.5. The first kappa shape index (κ1) is 22.5. The number of carbonyl (C=O) groups excluding carboxylic acids is 1. The van der Waals surface area contributed by atoms with Crippen LogP contribution in [0.4, 0.5) is 11.4 Å². The first-order valence-corrected chi connectivity index (χ1v) is 11.9. The lowest BCUT2D eigenvalue weighted by molar-refractivity contribution is -0.384. The van der Waals surface area contributed by atoms with Gasteiger partial charge in [0.05, 0.1) is 33.2 Å². The molecule has 10 heteroatoms. The first-order chi connectivity index (χ1) is 15.3. The van der Waals surface area contributed by atoms with Gasteiger partial charge in [0.15, 0.2) is 5.78 Å². The Balaban J connectivity index is 1.99. The van der Waals surface area contributed by atoms with Crippen LogP contribution < -0.4 is 10.6 Å².